The largest absolute Gasteiger partial charge is 0.480 e. The van der Waals surface area contributed by atoms with Crippen molar-refractivity contribution in [2.24, 2.45) is 5.92 Å². The van der Waals surface area contributed by atoms with E-state index < -0.39 is 5.97 Å². The quantitative estimate of drug-likeness (QED) is 0.723. The zero-order valence-electron chi connectivity index (χ0n) is 14.9. The highest BCUT2D eigenvalue weighted by Gasteiger charge is 2.36. The van der Waals surface area contributed by atoms with E-state index in [4.69, 9.17) is 5.11 Å². The third kappa shape index (κ3) is 4.31. The lowest BCUT2D eigenvalue weighted by Gasteiger charge is -2.43. The molecule has 1 aromatic carbocycles. The number of carboxylic acids is 1. The first-order valence-electron chi connectivity index (χ1n) is 9.45. The van der Waals surface area contributed by atoms with Crippen molar-refractivity contribution in [3.63, 3.8) is 0 Å². The van der Waals surface area contributed by atoms with E-state index in [1.165, 1.54) is 12.8 Å². The lowest BCUT2D eigenvalue weighted by atomic mass is 9.85. The van der Waals surface area contributed by atoms with E-state index in [1.54, 1.807) is 0 Å². The average molecular weight is 354 g/mol. The summed E-state index contributed by atoms with van der Waals surface area (Å²) in [4.78, 5) is 13.3. The Labute approximate surface area is 153 Å². The van der Waals surface area contributed by atoms with Crippen LogP contribution in [-0.2, 0) is 11.3 Å². The van der Waals surface area contributed by atoms with Gasteiger partial charge in [-0.3, -0.25) is 9.69 Å². The number of carbonyl (C=O) groups is 1. The number of hydrogen-bond acceptors (Lipinski definition) is 4. The Kier molecular flexibility index (Phi) is 5.04. The fourth-order valence-electron chi connectivity index (χ4n) is 3.64. The zero-order chi connectivity index (χ0) is 17.9. The van der Waals surface area contributed by atoms with Crippen LogP contribution in [0.15, 0.2) is 42.7 Å². The minimum atomic E-state index is -0.713. The van der Waals surface area contributed by atoms with Crippen LogP contribution in [0.3, 0.4) is 0 Å². The molecule has 2 saturated carbocycles. The lowest BCUT2D eigenvalue weighted by molar-refractivity contribution is -0.139. The minimum absolute atomic E-state index is 0.178. The number of aromatic nitrogens is 2. The molecule has 2 fully saturated rings. The Morgan fingerprint density at radius 3 is 2.73 bits per heavy atom. The monoisotopic (exact) mass is 354 g/mol. The number of nitrogens with zero attached hydrogens (tertiary/aromatic N) is 3. The zero-order valence-corrected chi connectivity index (χ0v) is 14.9. The Balaban J connectivity index is 1.24. The van der Waals surface area contributed by atoms with E-state index in [-0.39, 0.29) is 6.54 Å². The molecule has 6 nitrogen and oxygen atoms in total. The highest BCUT2D eigenvalue weighted by Crippen LogP contribution is 2.33. The van der Waals surface area contributed by atoms with Crippen LogP contribution in [0.2, 0.25) is 0 Å². The van der Waals surface area contributed by atoms with Gasteiger partial charge >= 0.3 is 5.97 Å². The second kappa shape index (κ2) is 7.60. The van der Waals surface area contributed by atoms with Gasteiger partial charge in [0.2, 0.25) is 0 Å². The summed E-state index contributed by atoms with van der Waals surface area (Å²) in [7, 11) is 0. The first-order chi connectivity index (χ1) is 12.7. The number of aliphatic carboxylic acids is 1. The van der Waals surface area contributed by atoms with Crippen LogP contribution in [-0.4, -0.2) is 50.9 Å². The number of carboxylic acid groups (broad SMARTS) is 1. The third-order valence-corrected chi connectivity index (χ3v) is 5.41. The van der Waals surface area contributed by atoms with E-state index in [1.807, 2.05) is 41.2 Å². The van der Waals surface area contributed by atoms with Gasteiger partial charge in [0, 0.05) is 36.9 Å². The van der Waals surface area contributed by atoms with Crippen LogP contribution in [0.5, 0.6) is 0 Å². The molecule has 1 aromatic heterocycles. The van der Waals surface area contributed by atoms with Crippen LogP contribution >= 0.6 is 0 Å². The standard InChI is InChI=1S/C20H26N4O2/c25-20(26)14-23(12-15-6-7-15)19-8-17(9-19)21-10-16-11-22-24(13-16)18-4-2-1-3-5-18/h1-5,11,13,15,17,19,21H,6-10,12,14H2,(H,25,26). The van der Waals surface area contributed by atoms with Crippen molar-refractivity contribution in [1.82, 2.24) is 20.0 Å². The summed E-state index contributed by atoms with van der Waals surface area (Å²) in [5, 5.41) is 17.1. The van der Waals surface area contributed by atoms with E-state index in [2.05, 4.69) is 21.5 Å². The minimum Gasteiger partial charge on any atom is -0.480 e. The Morgan fingerprint density at radius 1 is 1.27 bits per heavy atom. The van der Waals surface area contributed by atoms with E-state index in [9.17, 15) is 4.79 Å². The summed E-state index contributed by atoms with van der Waals surface area (Å²) in [6.45, 7) is 1.93. The second-order valence-corrected chi connectivity index (χ2v) is 7.60. The summed E-state index contributed by atoms with van der Waals surface area (Å²) in [5.41, 5.74) is 2.23. The number of nitrogens with one attached hydrogen (secondary N) is 1. The van der Waals surface area contributed by atoms with Crippen molar-refractivity contribution in [3.05, 3.63) is 48.3 Å². The molecule has 4 rings (SSSR count). The number of para-hydroxylation sites is 1. The smallest absolute Gasteiger partial charge is 0.317 e. The molecule has 2 N–H and O–H groups in total. The second-order valence-electron chi connectivity index (χ2n) is 7.60. The number of hydrogen-bond donors (Lipinski definition) is 2. The summed E-state index contributed by atoms with van der Waals surface area (Å²) >= 11 is 0. The molecule has 26 heavy (non-hydrogen) atoms. The van der Waals surface area contributed by atoms with Crippen molar-refractivity contribution in [2.45, 2.75) is 44.3 Å². The molecule has 0 atom stereocenters. The summed E-state index contributed by atoms with van der Waals surface area (Å²) in [6.07, 6.45) is 8.55. The molecule has 6 heteroatoms. The highest BCUT2D eigenvalue weighted by atomic mass is 16.4. The van der Waals surface area contributed by atoms with Gasteiger partial charge in [0.25, 0.3) is 0 Å². The van der Waals surface area contributed by atoms with Crippen molar-refractivity contribution in [3.8, 4) is 5.69 Å². The molecule has 0 amide bonds. The highest BCUT2D eigenvalue weighted by molar-refractivity contribution is 5.69. The maximum Gasteiger partial charge on any atom is 0.317 e. The predicted molar refractivity (Wildman–Crippen MR) is 99.1 cm³/mol. The fraction of sp³-hybridized carbons (Fsp3) is 0.500. The lowest BCUT2D eigenvalue weighted by Crippen LogP contribution is -2.54. The first-order valence-corrected chi connectivity index (χ1v) is 9.45. The molecule has 2 aromatic rings. The SMILES string of the molecule is O=C(O)CN(CC1CC1)C1CC(NCc2cnn(-c3ccccc3)c2)C1. The van der Waals surface area contributed by atoms with Gasteiger partial charge in [-0.1, -0.05) is 18.2 Å². The van der Waals surface area contributed by atoms with Crippen LogP contribution in [0.25, 0.3) is 5.69 Å². The molecular weight excluding hydrogens is 328 g/mol. The van der Waals surface area contributed by atoms with Crippen LogP contribution < -0.4 is 5.32 Å². The molecule has 0 saturated heterocycles. The Bertz CT molecular complexity index is 735. The van der Waals surface area contributed by atoms with Crippen molar-refractivity contribution < 1.29 is 9.90 Å². The maximum absolute atomic E-state index is 11.1. The summed E-state index contributed by atoms with van der Waals surface area (Å²) in [5.74, 6) is 0.0144. The van der Waals surface area contributed by atoms with Crippen LogP contribution in [0.4, 0.5) is 0 Å². The fourth-order valence-corrected chi connectivity index (χ4v) is 3.64. The van der Waals surface area contributed by atoms with Crippen molar-refractivity contribution >= 4 is 5.97 Å². The van der Waals surface area contributed by atoms with Crippen LogP contribution in [0, 0.1) is 5.92 Å². The van der Waals surface area contributed by atoms with Gasteiger partial charge in [-0.2, -0.15) is 5.10 Å². The summed E-state index contributed by atoms with van der Waals surface area (Å²) < 4.78 is 1.89. The van der Waals surface area contributed by atoms with Crippen molar-refractivity contribution in [2.75, 3.05) is 13.1 Å². The Morgan fingerprint density at radius 2 is 2.04 bits per heavy atom. The normalized spacial score (nSPS) is 22.3. The van der Waals surface area contributed by atoms with Crippen molar-refractivity contribution in [1.29, 1.82) is 0 Å². The molecule has 0 radical (unpaired) electrons. The maximum atomic E-state index is 11.1. The van der Waals surface area contributed by atoms with Gasteiger partial charge in [-0.15, -0.1) is 0 Å². The first kappa shape index (κ1) is 17.2. The molecule has 0 bridgehead atoms. The molecule has 138 valence electrons. The molecule has 0 aliphatic heterocycles. The number of rotatable bonds is 9. The van der Waals surface area contributed by atoms with Crippen LogP contribution in [0.1, 0.15) is 31.2 Å². The van der Waals surface area contributed by atoms with Gasteiger partial charge < -0.3 is 10.4 Å². The average Bonchev–Trinajstić information content (AvgIpc) is 3.28. The Hall–Kier alpha value is -2.18. The number of benzene rings is 1. The molecular formula is C20H26N4O2. The van der Waals surface area contributed by atoms with E-state index in [0.29, 0.717) is 12.1 Å². The van der Waals surface area contributed by atoms with Gasteiger partial charge in [-0.05, 0) is 43.7 Å². The van der Waals surface area contributed by atoms with Gasteiger partial charge in [0.05, 0.1) is 18.4 Å². The van der Waals surface area contributed by atoms with Gasteiger partial charge in [0.1, 0.15) is 0 Å². The predicted octanol–water partition coefficient (Wildman–Crippen LogP) is 2.29. The van der Waals surface area contributed by atoms with E-state index >= 15 is 0 Å². The summed E-state index contributed by atoms with van der Waals surface area (Å²) in [6, 6.07) is 11.0. The van der Waals surface area contributed by atoms with E-state index in [0.717, 1.165) is 43.1 Å². The molecule has 1 heterocycles. The van der Waals surface area contributed by atoms with Gasteiger partial charge in [-0.25, -0.2) is 4.68 Å². The topological polar surface area (TPSA) is 70.4 Å². The molecule has 2 aliphatic carbocycles. The van der Waals surface area contributed by atoms with Gasteiger partial charge in [0.15, 0.2) is 0 Å². The molecule has 0 unspecified atom stereocenters. The molecule has 0 spiro atoms. The molecule has 2 aliphatic rings. The third-order valence-electron chi connectivity index (χ3n) is 5.41.